The van der Waals surface area contributed by atoms with Crippen molar-refractivity contribution in [3.63, 3.8) is 0 Å². The summed E-state index contributed by atoms with van der Waals surface area (Å²) in [7, 11) is 0. The van der Waals surface area contributed by atoms with Crippen molar-refractivity contribution < 1.29 is 0 Å². The van der Waals surface area contributed by atoms with Gasteiger partial charge in [-0.2, -0.15) is 0 Å². The van der Waals surface area contributed by atoms with E-state index in [-0.39, 0.29) is 5.54 Å². The summed E-state index contributed by atoms with van der Waals surface area (Å²) in [6.45, 7) is 2.03. The zero-order valence-electron chi connectivity index (χ0n) is 9.00. The zero-order valence-corrected chi connectivity index (χ0v) is 9.75. The van der Waals surface area contributed by atoms with Gasteiger partial charge in [-0.3, -0.25) is 0 Å². The van der Waals surface area contributed by atoms with Crippen LogP contribution in [-0.4, -0.2) is 9.97 Å². The van der Waals surface area contributed by atoms with E-state index in [1.165, 1.54) is 0 Å². The third-order valence-corrected chi connectivity index (χ3v) is 3.33. The Morgan fingerprint density at radius 3 is 2.75 bits per heavy atom. The molecule has 2 N–H and O–H groups in total. The lowest BCUT2D eigenvalue weighted by Gasteiger charge is -2.09. The van der Waals surface area contributed by atoms with E-state index < -0.39 is 0 Å². The van der Waals surface area contributed by atoms with Gasteiger partial charge in [0.2, 0.25) is 0 Å². The van der Waals surface area contributed by atoms with E-state index in [1.807, 2.05) is 25.1 Å². The molecule has 0 unspecified atom stereocenters. The maximum absolute atomic E-state index is 6.14. The van der Waals surface area contributed by atoms with Crippen LogP contribution in [0.2, 0.25) is 5.15 Å². The molecular weight excluding hydrogens is 222 g/mol. The fraction of sp³-hybridized carbons (Fsp3) is 0.333. The molecule has 3 nitrogen and oxygen atoms in total. The monoisotopic (exact) mass is 233 g/mol. The first-order valence-electron chi connectivity index (χ1n) is 5.32. The summed E-state index contributed by atoms with van der Waals surface area (Å²) in [6.07, 6.45) is 1.89. The number of aryl methyl sites for hydroxylation is 1. The third kappa shape index (κ3) is 1.47. The Hall–Kier alpha value is -1.19. The van der Waals surface area contributed by atoms with E-state index in [1.54, 1.807) is 0 Å². The molecule has 1 fully saturated rings. The van der Waals surface area contributed by atoms with Crippen molar-refractivity contribution in [3.8, 4) is 0 Å². The smallest absolute Gasteiger partial charge is 0.150 e. The molecule has 1 saturated carbocycles. The van der Waals surface area contributed by atoms with Crippen molar-refractivity contribution in [1.29, 1.82) is 0 Å². The lowest BCUT2D eigenvalue weighted by Crippen LogP contribution is -2.22. The van der Waals surface area contributed by atoms with Gasteiger partial charge in [-0.15, -0.1) is 0 Å². The first kappa shape index (κ1) is 10.00. The van der Waals surface area contributed by atoms with E-state index >= 15 is 0 Å². The second kappa shape index (κ2) is 3.15. The van der Waals surface area contributed by atoms with Crippen LogP contribution in [0.4, 0.5) is 0 Å². The molecule has 1 aromatic carbocycles. The van der Waals surface area contributed by atoms with Gasteiger partial charge in [0, 0.05) is 5.39 Å². The normalized spacial score (nSPS) is 17.7. The number of rotatable bonds is 1. The number of fused-ring (bicyclic) bond motifs is 1. The van der Waals surface area contributed by atoms with Crippen LogP contribution in [0.3, 0.4) is 0 Å². The van der Waals surface area contributed by atoms with Crippen molar-refractivity contribution in [2.75, 3.05) is 0 Å². The topological polar surface area (TPSA) is 51.8 Å². The molecule has 2 aromatic rings. The number of aromatic nitrogens is 2. The fourth-order valence-corrected chi connectivity index (χ4v) is 2.02. The molecule has 3 rings (SSSR count). The Bertz CT molecular complexity index is 576. The van der Waals surface area contributed by atoms with Crippen molar-refractivity contribution >= 4 is 22.5 Å². The predicted octanol–water partition coefficient (Wildman–Crippen LogP) is 2.54. The van der Waals surface area contributed by atoms with Gasteiger partial charge >= 0.3 is 0 Å². The molecule has 1 aromatic heterocycles. The molecule has 0 spiro atoms. The highest BCUT2D eigenvalue weighted by Crippen LogP contribution is 2.41. The zero-order chi connectivity index (χ0) is 11.3. The number of nitrogens with zero attached hydrogens (tertiary/aromatic N) is 2. The van der Waals surface area contributed by atoms with Crippen molar-refractivity contribution in [1.82, 2.24) is 9.97 Å². The summed E-state index contributed by atoms with van der Waals surface area (Å²) in [6, 6.07) is 5.97. The van der Waals surface area contributed by atoms with E-state index in [0.717, 1.165) is 29.3 Å². The van der Waals surface area contributed by atoms with E-state index in [9.17, 15) is 0 Å². The minimum atomic E-state index is -0.332. The molecule has 1 aliphatic rings. The van der Waals surface area contributed by atoms with Crippen LogP contribution in [0.15, 0.2) is 18.2 Å². The van der Waals surface area contributed by atoms with Gasteiger partial charge in [0.05, 0.1) is 11.1 Å². The average molecular weight is 234 g/mol. The maximum atomic E-state index is 6.14. The van der Waals surface area contributed by atoms with Crippen LogP contribution < -0.4 is 5.73 Å². The molecule has 0 aliphatic heterocycles. The Balaban J connectivity index is 2.27. The second-order valence-corrected chi connectivity index (χ2v) is 4.87. The molecule has 0 radical (unpaired) electrons. The molecule has 0 bridgehead atoms. The molecule has 0 amide bonds. The molecule has 16 heavy (non-hydrogen) atoms. The van der Waals surface area contributed by atoms with Crippen LogP contribution in [-0.2, 0) is 5.54 Å². The first-order chi connectivity index (χ1) is 7.58. The minimum absolute atomic E-state index is 0.332. The molecule has 0 atom stereocenters. The molecule has 4 heteroatoms. The quantitative estimate of drug-likeness (QED) is 0.771. The molecule has 1 aliphatic carbocycles. The van der Waals surface area contributed by atoms with Crippen molar-refractivity contribution in [2.45, 2.75) is 25.3 Å². The summed E-state index contributed by atoms with van der Waals surface area (Å²) in [4.78, 5) is 8.80. The summed E-state index contributed by atoms with van der Waals surface area (Å²) < 4.78 is 0. The predicted molar refractivity (Wildman–Crippen MR) is 64.4 cm³/mol. The fourth-order valence-electron chi connectivity index (χ4n) is 1.78. The summed E-state index contributed by atoms with van der Waals surface area (Å²) in [5.41, 5.74) is 7.79. The lowest BCUT2D eigenvalue weighted by atomic mass is 10.1. The van der Waals surface area contributed by atoms with Gasteiger partial charge < -0.3 is 5.73 Å². The maximum Gasteiger partial charge on any atom is 0.150 e. The Labute approximate surface area is 98.6 Å². The van der Waals surface area contributed by atoms with Crippen LogP contribution in [0.5, 0.6) is 0 Å². The van der Waals surface area contributed by atoms with Gasteiger partial charge in [-0.25, -0.2) is 9.97 Å². The van der Waals surface area contributed by atoms with Crippen LogP contribution in [0, 0.1) is 6.92 Å². The Kier molecular flexibility index (Phi) is 1.97. The van der Waals surface area contributed by atoms with E-state index in [0.29, 0.717) is 11.0 Å². The number of benzene rings is 1. The van der Waals surface area contributed by atoms with E-state index in [2.05, 4.69) is 9.97 Å². The largest absolute Gasteiger partial charge is 0.319 e. The number of hydrogen-bond donors (Lipinski definition) is 1. The highest BCUT2D eigenvalue weighted by atomic mass is 35.5. The number of nitrogens with two attached hydrogens (primary N) is 1. The third-order valence-electron chi connectivity index (χ3n) is 3.04. The van der Waals surface area contributed by atoms with Gasteiger partial charge in [0.1, 0.15) is 5.15 Å². The molecule has 0 saturated heterocycles. The SMILES string of the molecule is Cc1ccc2c(Cl)nc(C3(N)CC3)nc2c1. The van der Waals surface area contributed by atoms with Gasteiger partial charge in [-0.1, -0.05) is 17.7 Å². The van der Waals surface area contributed by atoms with Crippen LogP contribution >= 0.6 is 11.6 Å². The van der Waals surface area contributed by atoms with Crippen molar-refractivity contribution in [2.24, 2.45) is 5.73 Å². The number of halogens is 1. The van der Waals surface area contributed by atoms with Gasteiger partial charge in [-0.05, 0) is 37.5 Å². The summed E-state index contributed by atoms with van der Waals surface area (Å²) in [5.74, 6) is 0.676. The Morgan fingerprint density at radius 1 is 1.31 bits per heavy atom. The number of hydrogen-bond acceptors (Lipinski definition) is 3. The first-order valence-corrected chi connectivity index (χ1v) is 5.70. The molecule has 1 heterocycles. The Morgan fingerprint density at radius 2 is 2.06 bits per heavy atom. The van der Waals surface area contributed by atoms with Gasteiger partial charge in [0.15, 0.2) is 5.82 Å². The van der Waals surface area contributed by atoms with Crippen LogP contribution in [0.25, 0.3) is 10.9 Å². The lowest BCUT2D eigenvalue weighted by molar-refractivity contribution is 0.678. The second-order valence-electron chi connectivity index (χ2n) is 4.51. The summed E-state index contributed by atoms with van der Waals surface area (Å²) >= 11 is 6.14. The highest BCUT2D eigenvalue weighted by Gasteiger charge is 2.43. The molecule has 82 valence electrons. The standard InChI is InChI=1S/C12H12ClN3/c1-7-2-3-8-9(6-7)15-11(16-10(8)13)12(14)4-5-12/h2-3,6H,4-5,14H2,1H3. The minimum Gasteiger partial charge on any atom is -0.319 e. The van der Waals surface area contributed by atoms with Crippen LogP contribution in [0.1, 0.15) is 24.2 Å². The summed E-state index contributed by atoms with van der Waals surface area (Å²) in [5, 5.41) is 1.39. The average Bonchev–Trinajstić information content (AvgIpc) is 2.97. The highest BCUT2D eigenvalue weighted by molar-refractivity contribution is 6.34. The van der Waals surface area contributed by atoms with Crippen molar-refractivity contribution in [3.05, 3.63) is 34.7 Å². The van der Waals surface area contributed by atoms with E-state index in [4.69, 9.17) is 17.3 Å². The molecular formula is C12H12ClN3. The van der Waals surface area contributed by atoms with Gasteiger partial charge in [0.25, 0.3) is 0 Å².